The summed E-state index contributed by atoms with van der Waals surface area (Å²) in [6.07, 6.45) is 2.41. The molecule has 2 rings (SSSR count). The molecule has 72 valence electrons. The van der Waals surface area contributed by atoms with E-state index in [1.165, 1.54) is 23.6 Å². The molecular weight excluding hydrogens is 200 g/mol. The number of hydrogen-bond acceptors (Lipinski definition) is 4. The van der Waals surface area contributed by atoms with Gasteiger partial charge in [-0.3, -0.25) is 0 Å². The van der Waals surface area contributed by atoms with Crippen LogP contribution in [0.15, 0.2) is 10.9 Å². The second-order valence-electron chi connectivity index (χ2n) is 3.24. The second-order valence-corrected chi connectivity index (χ2v) is 5.11. The van der Waals surface area contributed by atoms with E-state index in [2.05, 4.69) is 27.4 Å². The Kier molecular flexibility index (Phi) is 3.64. The third kappa shape index (κ3) is 2.97. The smallest absolute Gasteiger partial charge is 0.0794 e. The summed E-state index contributed by atoms with van der Waals surface area (Å²) in [5, 5.41) is 5.69. The molecule has 1 fully saturated rings. The van der Waals surface area contributed by atoms with Crippen LogP contribution in [-0.4, -0.2) is 29.1 Å². The Morgan fingerprint density at radius 1 is 1.62 bits per heavy atom. The van der Waals surface area contributed by atoms with Crippen LogP contribution in [-0.2, 0) is 6.42 Å². The maximum Gasteiger partial charge on any atom is 0.0794 e. The topological polar surface area (TPSA) is 24.9 Å². The van der Waals surface area contributed by atoms with E-state index < -0.39 is 0 Å². The van der Waals surface area contributed by atoms with Crippen LogP contribution in [0.2, 0.25) is 0 Å². The number of thiazole rings is 1. The summed E-state index contributed by atoms with van der Waals surface area (Å²) >= 11 is 3.73. The van der Waals surface area contributed by atoms with Gasteiger partial charge in [0.2, 0.25) is 0 Å². The van der Waals surface area contributed by atoms with Gasteiger partial charge >= 0.3 is 0 Å². The van der Waals surface area contributed by atoms with Crippen LogP contribution in [0.4, 0.5) is 0 Å². The fourth-order valence-electron chi connectivity index (χ4n) is 1.46. The van der Waals surface area contributed by atoms with Crippen molar-refractivity contribution in [3.05, 3.63) is 16.6 Å². The number of thioether (sulfide) groups is 1. The quantitative estimate of drug-likeness (QED) is 0.827. The van der Waals surface area contributed by atoms with Crippen LogP contribution in [0.1, 0.15) is 12.1 Å². The molecule has 1 unspecified atom stereocenters. The lowest BCUT2D eigenvalue weighted by Gasteiger charge is -2.09. The maximum absolute atomic E-state index is 4.25. The fraction of sp³-hybridized carbons (Fsp3) is 0.667. The molecule has 1 aliphatic rings. The number of hydrogen-bond donors (Lipinski definition) is 1. The van der Waals surface area contributed by atoms with E-state index in [0.29, 0.717) is 0 Å². The van der Waals surface area contributed by atoms with E-state index in [-0.39, 0.29) is 0 Å². The van der Waals surface area contributed by atoms with Crippen molar-refractivity contribution in [2.75, 3.05) is 18.1 Å². The molecule has 2 heterocycles. The van der Waals surface area contributed by atoms with E-state index in [9.17, 15) is 0 Å². The fourth-order valence-corrected chi connectivity index (χ4v) is 3.24. The van der Waals surface area contributed by atoms with Gasteiger partial charge in [0.25, 0.3) is 0 Å². The van der Waals surface area contributed by atoms with E-state index in [4.69, 9.17) is 0 Å². The van der Waals surface area contributed by atoms with Crippen molar-refractivity contribution in [3.63, 3.8) is 0 Å². The van der Waals surface area contributed by atoms with Crippen LogP contribution in [0, 0.1) is 0 Å². The summed E-state index contributed by atoms with van der Waals surface area (Å²) in [4.78, 5) is 4.25. The molecule has 1 aromatic heterocycles. The minimum Gasteiger partial charge on any atom is -0.313 e. The first kappa shape index (κ1) is 9.49. The van der Waals surface area contributed by atoms with Gasteiger partial charge < -0.3 is 5.32 Å². The minimum atomic E-state index is 0.753. The summed E-state index contributed by atoms with van der Waals surface area (Å²) < 4.78 is 0. The summed E-state index contributed by atoms with van der Waals surface area (Å²) in [6, 6.07) is 0.753. The van der Waals surface area contributed by atoms with Crippen LogP contribution in [0.25, 0.3) is 0 Å². The molecule has 1 N–H and O–H groups in total. The maximum atomic E-state index is 4.25. The Bertz CT molecular complexity index is 230. The van der Waals surface area contributed by atoms with Crippen LogP contribution >= 0.6 is 23.1 Å². The van der Waals surface area contributed by atoms with Gasteiger partial charge in [-0.15, -0.1) is 11.3 Å². The molecule has 1 aliphatic heterocycles. The lowest BCUT2D eigenvalue weighted by atomic mass is 10.2. The zero-order chi connectivity index (χ0) is 8.93. The zero-order valence-corrected chi connectivity index (χ0v) is 9.16. The van der Waals surface area contributed by atoms with Gasteiger partial charge in [-0.2, -0.15) is 11.8 Å². The van der Waals surface area contributed by atoms with Crippen LogP contribution in [0.3, 0.4) is 0 Å². The zero-order valence-electron chi connectivity index (χ0n) is 7.53. The van der Waals surface area contributed by atoms with Crippen molar-refractivity contribution in [1.29, 1.82) is 0 Å². The lowest BCUT2D eigenvalue weighted by molar-refractivity contribution is 0.558. The van der Waals surface area contributed by atoms with Crippen molar-refractivity contribution in [1.82, 2.24) is 10.3 Å². The highest BCUT2D eigenvalue weighted by atomic mass is 32.2. The Labute approximate surface area is 87.1 Å². The normalized spacial score (nSPS) is 22.3. The third-order valence-electron chi connectivity index (χ3n) is 2.23. The first-order chi connectivity index (χ1) is 6.45. The van der Waals surface area contributed by atoms with Crippen molar-refractivity contribution < 1.29 is 0 Å². The number of nitrogens with zero attached hydrogens (tertiary/aromatic N) is 1. The van der Waals surface area contributed by atoms with Gasteiger partial charge in [-0.25, -0.2) is 4.98 Å². The summed E-state index contributed by atoms with van der Waals surface area (Å²) in [5.74, 6) is 2.62. The summed E-state index contributed by atoms with van der Waals surface area (Å²) in [6.45, 7) is 1.08. The molecule has 0 bridgehead atoms. The van der Waals surface area contributed by atoms with E-state index in [1.54, 1.807) is 11.3 Å². The SMILES string of the molecule is c1nc(CCNC2CCSC2)cs1. The van der Waals surface area contributed by atoms with E-state index in [1.807, 2.05) is 5.51 Å². The van der Waals surface area contributed by atoms with Crippen LogP contribution < -0.4 is 5.32 Å². The van der Waals surface area contributed by atoms with E-state index >= 15 is 0 Å². The van der Waals surface area contributed by atoms with Crippen molar-refractivity contribution in [3.8, 4) is 0 Å². The lowest BCUT2D eigenvalue weighted by Crippen LogP contribution is -2.30. The van der Waals surface area contributed by atoms with Gasteiger partial charge in [0.15, 0.2) is 0 Å². The molecule has 4 heteroatoms. The molecule has 1 atom stereocenters. The molecule has 13 heavy (non-hydrogen) atoms. The van der Waals surface area contributed by atoms with E-state index in [0.717, 1.165) is 19.0 Å². The first-order valence-corrected chi connectivity index (χ1v) is 6.73. The van der Waals surface area contributed by atoms with Crippen molar-refractivity contribution in [2.24, 2.45) is 0 Å². The molecule has 0 aliphatic carbocycles. The number of rotatable bonds is 4. The van der Waals surface area contributed by atoms with Gasteiger partial charge in [0, 0.05) is 30.1 Å². The average Bonchev–Trinajstić information content (AvgIpc) is 2.75. The molecule has 0 amide bonds. The molecular formula is C9H14N2S2. The third-order valence-corrected chi connectivity index (χ3v) is 4.03. The van der Waals surface area contributed by atoms with Crippen molar-refractivity contribution >= 4 is 23.1 Å². The predicted molar refractivity (Wildman–Crippen MR) is 59.6 cm³/mol. The van der Waals surface area contributed by atoms with Crippen molar-refractivity contribution in [2.45, 2.75) is 18.9 Å². The molecule has 0 radical (unpaired) electrons. The molecule has 0 saturated carbocycles. The average molecular weight is 214 g/mol. The summed E-state index contributed by atoms with van der Waals surface area (Å²) in [5.41, 5.74) is 3.13. The predicted octanol–water partition coefficient (Wildman–Crippen LogP) is 1.78. The first-order valence-electron chi connectivity index (χ1n) is 4.63. The summed E-state index contributed by atoms with van der Waals surface area (Å²) in [7, 11) is 0. The number of nitrogens with one attached hydrogen (secondary N) is 1. The Morgan fingerprint density at radius 2 is 2.62 bits per heavy atom. The van der Waals surface area contributed by atoms with Crippen LogP contribution in [0.5, 0.6) is 0 Å². The van der Waals surface area contributed by atoms with Gasteiger partial charge in [0.05, 0.1) is 11.2 Å². The molecule has 2 nitrogen and oxygen atoms in total. The Morgan fingerprint density at radius 3 is 3.31 bits per heavy atom. The Balaban J connectivity index is 1.63. The second kappa shape index (κ2) is 4.98. The van der Waals surface area contributed by atoms with Gasteiger partial charge in [0.1, 0.15) is 0 Å². The molecule has 1 saturated heterocycles. The molecule has 1 aromatic rings. The van der Waals surface area contributed by atoms with Gasteiger partial charge in [-0.05, 0) is 12.2 Å². The molecule has 0 spiro atoms. The standard InChI is InChI=1S/C9H14N2S2/c1(8-6-13-7-11-8)3-10-9-2-4-12-5-9/h6-7,9-10H,1-5H2. The highest BCUT2D eigenvalue weighted by molar-refractivity contribution is 7.99. The molecule has 0 aromatic carbocycles. The minimum absolute atomic E-state index is 0.753. The number of aromatic nitrogens is 1. The largest absolute Gasteiger partial charge is 0.313 e. The van der Waals surface area contributed by atoms with Gasteiger partial charge in [-0.1, -0.05) is 0 Å². The highest BCUT2D eigenvalue weighted by Crippen LogP contribution is 2.16. The highest BCUT2D eigenvalue weighted by Gasteiger charge is 2.13. The Hall–Kier alpha value is -0.0600. The monoisotopic (exact) mass is 214 g/mol.